The molecule has 1 aliphatic heterocycles. The summed E-state index contributed by atoms with van der Waals surface area (Å²) in [6.45, 7) is 0.0825. The second-order valence-electron chi connectivity index (χ2n) is 9.16. The number of hydrogen-bond acceptors (Lipinski definition) is 8. The summed E-state index contributed by atoms with van der Waals surface area (Å²) < 4.78 is 48.0. The molecule has 11 heteroatoms. The van der Waals surface area contributed by atoms with E-state index in [4.69, 9.17) is 0 Å². The summed E-state index contributed by atoms with van der Waals surface area (Å²) in [6.07, 6.45) is 5.43. The molecule has 39 heavy (non-hydrogen) atoms. The Balaban J connectivity index is 1.58. The quantitative estimate of drug-likeness (QED) is 0.309. The lowest BCUT2D eigenvalue weighted by Gasteiger charge is -2.26. The van der Waals surface area contributed by atoms with Crippen LogP contribution in [0.5, 0.6) is 0 Å². The molecular weight excluding hydrogens is 538 g/mol. The van der Waals surface area contributed by atoms with Crippen molar-refractivity contribution in [2.45, 2.75) is 16.3 Å². The topological polar surface area (TPSA) is 122 Å². The average Bonchev–Trinajstić information content (AvgIpc) is 3.13. The number of benzene rings is 3. The number of amides is 2. The lowest BCUT2D eigenvalue weighted by molar-refractivity contribution is 0.0642. The van der Waals surface area contributed by atoms with Crippen LogP contribution in [0.4, 0.5) is 17.1 Å². The van der Waals surface area contributed by atoms with Gasteiger partial charge in [-0.1, -0.05) is 6.07 Å². The average molecular weight is 562 g/mol. The number of fused-ring (bicyclic) bond motifs is 1. The molecule has 0 unspecified atom stereocenters. The summed E-state index contributed by atoms with van der Waals surface area (Å²) in [4.78, 5) is 33.6. The van der Waals surface area contributed by atoms with Gasteiger partial charge in [0.05, 0.1) is 27.5 Å². The molecule has 1 aromatic heterocycles. The summed E-state index contributed by atoms with van der Waals surface area (Å²) in [5.74, 6) is -0.854. The molecule has 0 bridgehead atoms. The summed E-state index contributed by atoms with van der Waals surface area (Å²) in [7, 11) is -6.85. The number of sulfone groups is 2. The largest absolute Gasteiger partial charge is 0.310 e. The Morgan fingerprint density at radius 3 is 1.69 bits per heavy atom. The minimum absolute atomic E-state index is 0.0825. The van der Waals surface area contributed by atoms with E-state index in [0.29, 0.717) is 22.6 Å². The molecule has 3 aromatic carbocycles. The van der Waals surface area contributed by atoms with Crippen molar-refractivity contribution in [2.24, 2.45) is 0 Å². The Morgan fingerprint density at radius 2 is 1.21 bits per heavy atom. The van der Waals surface area contributed by atoms with Gasteiger partial charge in [-0.25, -0.2) is 16.8 Å². The molecule has 1 aliphatic rings. The molecule has 198 valence electrons. The maximum atomic E-state index is 13.3. The number of hydrogen-bond donors (Lipinski definition) is 0. The monoisotopic (exact) mass is 561 g/mol. The third kappa shape index (κ3) is 5.18. The van der Waals surface area contributed by atoms with E-state index in [1.54, 1.807) is 71.9 Å². The van der Waals surface area contributed by atoms with E-state index in [0.717, 1.165) is 17.4 Å². The minimum Gasteiger partial charge on any atom is -0.310 e. The van der Waals surface area contributed by atoms with Crippen molar-refractivity contribution in [3.8, 4) is 0 Å². The first-order valence-corrected chi connectivity index (χ1v) is 15.5. The fourth-order valence-electron chi connectivity index (χ4n) is 4.37. The number of rotatable bonds is 7. The van der Waals surface area contributed by atoms with Gasteiger partial charge in [-0.3, -0.25) is 19.5 Å². The molecule has 0 radical (unpaired) electrons. The van der Waals surface area contributed by atoms with Gasteiger partial charge < -0.3 is 4.90 Å². The first kappa shape index (κ1) is 26.3. The Hall–Kier alpha value is -4.35. The number of pyridine rings is 1. The normalized spacial score (nSPS) is 13.4. The highest BCUT2D eigenvalue weighted by atomic mass is 32.2. The standard InChI is InChI=1S/C28H23N3O6S2/c1-38(34,35)23-10-5-20(6-11-23)31(21-7-12-24(13-8-21)39(2,36)37)22-9-14-25-26(16-22)28(33)30(27(25)32)18-19-4-3-15-29-17-19/h3-17H,18H2,1-2H3. The minimum atomic E-state index is -3.43. The molecule has 0 atom stereocenters. The molecule has 9 nitrogen and oxygen atoms in total. The lowest BCUT2D eigenvalue weighted by Crippen LogP contribution is -2.29. The van der Waals surface area contributed by atoms with Crippen LogP contribution in [0.2, 0.25) is 0 Å². The van der Waals surface area contributed by atoms with Gasteiger partial charge in [0.15, 0.2) is 19.7 Å². The highest BCUT2D eigenvalue weighted by Gasteiger charge is 2.36. The number of imide groups is 1. The lowest BCUT2D eigenvalue weighted by atomic mass is 10.1. The van der Waals surface area contributed by atoms with Crippen LogP contribution in [0.15, 0.2) is 101 Å². The molecule has 2 amide bonds. The first-order valence-electron chi connectivity index (χ1n) is 11.7. The van der Waals surface area contributed by atoms with Crippen molar-refractivity contribution < 1.29 is 26.4 Å². The van der Waals surface area contributed by atoms with Gasteiger partial charge in [-0.15, -0.1) is 0 Å². The fraction of sp³-hybridized carbons (Fsp3) is 0.107. The van der Waals surface area contributed by atoms with E-state index in [2.05, 4.69) is 4.98 Å². The molecular formula is C28H23N3O6S2. The van der Waals surface area contributed by atoms with Crippen molar-refractivity contribution in [1.82, 2.24) is 9.88 Å². The summed E-state index contributed by atoms with van der Waals surface area (Å²) in [6, 6.07) is 20.8. The van der Waals surface area contributed by atoms with E-state index >= 15 is 0 Å². The highest BCUT2D eigenvalue weighted by molar-refractivity contribution is 7.91. The molecule has 0 saturated heterocycles. The van der Waals surface area contributed by atoms with Gasteiger partial charge in [-0.2, -0.15) is 0 Å². The van der Waals surface area contributed by atoms with Crippen LogP contribution in [0, 0.1) is 0 Å². The van der Waals surface area contributed by atoms with E-state index in [1.165, 1.54) is 24.3 Å². The summed E-state index contributed by atoms with van der Waals surface area (Å²) in [5.41, 5.74) is 2.87. The van der Waals surface area contributed by atoms with Crippen molar-refractivity contribution in [1.29, 1.82) is 0 Å². The van der Waals surface area contributed by atoms with Crippen LogP contribution in [0.3, 0.4) is 0 Å². The Labute approximate surface area is 226 Å². The molecule has 0 spiro atoms. The zero-order chi connectivity index (χ0) is 27.9. The van der Waals surface area contributed by atoms with Crippen molar-refractivity contribution in [2.75, 3.05) is 17.4 Å². The summed E-state index contributed by atoms with van der Waals surface area (Å²) in [5, 5.41) is 0. The molecule has 4 aromatic rings. The number of anilines is 3. The molecule has 0 fully saturated rings. The highest BCUT2D eigenvalue weighted by Crippen LogP contribution is 2.38. The Bertz CT molecular complexity index is 1730. The van der Waals surface area contributed by atoms with E-state index in [1.807, 2.05) is 0 Å². The van der Waals surface area contributed by atoms with Gasteiger partial charge >= 0.3 is 0 Å². The maximum Gasteiger partial charge on any atom is 0.261 e. The molecule has 0 N–H and O–H groups in total. The van der Waals surface area contributed by atoms with Crippen LogP contribution in [-0.4, -0.2) is 51.0 Å². The molecule has 0 saturated carbocycles. The van der Waals surface area contributed by atoms with Gasteiger partial charge in [0.1, 0.15) is 0 Å². The van der Waals surface area contributed by atoms with Crippen molar-refractivity contribution >= 4 is 48.6 Å². The second kappa shape index (κ2) is 9.75. The van der Waals surface area contributed by atoms with Crippen LogP contribution in [0.25, 0.3) is 0 Å². The van der Waals surface area contributed by atoms with Gasteiger partial charge in [-0.05, 0) is 78.4 Å². The van der Waals surface area contributed by atoms with Gasteiger partial charge in [0, 0.05) is 42.0 Å². The van der Waals surface area contributed by atoms with Crippen LogP contribution in [-0.2, 0) is 26.2 Å². The van der Waals surface area contributed by atoms with E-state index in [-0.39, 0.29) is 27.5 Å². The number of carbonyl (C=O) groups is 2. The van der Waals surface area contributed by atoms with Crippen molar-refractivity contribution in [3.05, 3.63) is 108 Å². The molecule has 5 rings (SSSR count). The number of carbonyl (C=O) groups excluding carboxylic acids is 2. The molecule has 2 heterocycles. The SMILES string of the molecule is CS(=O)(=O)c1ccc(N(c2ccc(S(C)(=O)=O)cc2)c2ccc3c(c2)C(=O)N(Cc2cccnc2)C3=O)cc1. The van der Waals surface area contributed by atoms with Crippen molar-refractivity contribution in [3.63, 3.8) is 0 Å². The predicted octanol–water partition coefficient (Wildman–Crippen LogP) is 4.15. The number of aromatic nitrogens is 1. The van der Waals surface area contributed by atoms with Gasteiger partial charge in [0.25, 0.3) is 11.8 Å². The Kier molecular flexibility index (Phi) is 6.57. The zero-order valence-corrected chi connectivity index (χ0v) is 22.6. The fourth-order valence-corrected chi connectivity index (χ4v) is 5.63. The third-order valence-electron chi connectivity index (χ3n) is 6.32. The maximum absolute atomic E-state index is 13.3. The van der Waals surface area contributed by atoms with Gasteiger partial charge in [0.2, 0.25) is 0 Å². The van der Waals surface area contributed by atoms with Crippen LogP contribution < -0.4 is 4.90 Å². The smallest absolute Gasteiger partial charge is 0.261 e. The predicted molar refractivity (Wildman–Crippen MR) is 146 cm³/mol. The van der Waals surface area contributed by atoms with Crippen LogP contribution >= 0.6 is 0 Å². The zero-order valence-electron chi connectivity index (χ0n) is 21.0. The second-order valence-corrected chi connectivity index (χ2v) is 13.2. The van der Waals surface area contributed by atoms with Crippen LogP contribution in [0.1, 0.15) is 26.3 Å². The molecule has 0 aliphatic carbocycles. The number of nitrogens with zero attached hydrogens (tertiary/aromatic N) is 3. The summed E-state index contributed by atoms with van der Waals surface area (Å²) >= 11 is 0. The van der Waals surface area contributed by atoms with E-state index in [9.17, 15) is 26.4 Å². The Morgan fingerprint density at radius 1 is 0.692 bits per heavy atom. The first-order chi connectivity index (χ1) is 18.4. The third-order valence-corrected chi connectivity index (χ3v) is 8.58. The van der Waals surface area contributed by atoms with E-state index < -0.39 is 31.5 Å².